The molecule has 2 aromatic carbocycles. The van der Waals surface area contributed by atoms with Crippen LogP contribution in [0.5, 0.6) is 0 Å². The Morgan fingerprint density at radius 1 is 0.677 bits per heavy atom. The third-order valence-electron chi connectivity index (χ3n) is 4.16. The average molecular weight is 435 g/mol. The summed E-state index contributed by atoms with van der Waals surface area (Å²) in [5.41, 5.74) is 8.73. The fourth-order valence-corrected chi connectivity index (χ4v) is 2.92. The van der Waals surface area contributed by atoms with Crippen LogP contribution in [-0.2, 0) is 12.8 Å². The average Bonchev–Trinajstić information content (AvgIpc) is 2.84. The summed E-state index contributed by atoms with van der Waals surface area (Å²) in [6.45, 7) is 0. The minimum absolute atomic E-state index is 0.483. The highest BCUT2D eigenvalue weighted by molar-refractivity contribution is 6.30. The van der Waals surface area contributed by atoms with Crippen molar-refractivity contribution in [1.29, 1.82) is 0 Å². The van der Waals surface area contributed by atoms with Gasteiger partial charge in [-0.25, -0.2) is 9.97 Å². The minimum Gasteiger partial charge on any atom is -0.372 e. The van der Waals surface area contributed by atoms with Crippen LogP contribution in [-0.4, -0.2) is 34.0 Å². The highest BCUT2D eigenvalue weighted by atomic mass is 35.5. The van der Waals surface area contributed by atoms with Crippen LogP contribution < -0.4 is 11.1 Å². The van der Waals surface area contributed by atoms with Crippen molar-refractivity contribution in [3.63, 3.8) is 0 Å². The molecule has 2 aromatic heterocycles. The van der Waals surface area contributed by atoms with E-state index < -0.39 is 0 Å². The lowest BCUT2D eigenvalue weighted by Gasteiger charge is -2.05. The summed E-state index contributed by atoms with van der Waals surface area (Å²) in [7, 11) is 3.36. The van der Waals surface area contributed by atoms with Crippen LogP contribution in [0.1, 0.15) is 22.5 Å². The first-order valence-corrected chi connectivity index (χ1v) is 10.2. The minimum atomic E-state index is 0.483. The van der Waals surface area contributed by atoms with Crippen LogP contribution >= 0.6 is 11.6 Å². The number of nitrogens with zero attached hydrogens (tertiary/aromatic N) is 4. The van der Waals surface area contributed by atoms with Crippen LogP contribution in [0.3, 0.4) is 0 Å². The molecule has 160 valence electrons. The third-order valence-corrected chi connectivity index (χ3v) is 4.48. The largest absolute Gasteiger partial charge is 0.372 e. The van der Waals surface area contributed by atoms with E-state index in [0.717, 1.165) is 30.0 Å². The molecule has 3 N–H and O–H groups in total. The standard InChI is InChI=1S/C12H13N3.C11H9ClN2.CH5N/c1-13-12-11(14-7-8-15-12)9-10-5-3-2-4-6-10;12-11-10(13-6-7-14-11)8-9-4-2-1-3-5-9;1-2/h2-8H,9H2,1H3,(H,13,15);1-7H,8H2;2H2,1H3. The lowest BCUT2D eigenvalue weighted by atomic mass is 10.1. The molecular weight excluding hydrogens is 408 g/mol. The van der Waals surface area contributed by atoms with Gasteiger partial charge >= 0.3 is 0 Å². The number of hydrogen-bond donors (Lipinski definition) is 2. The van der Waals surface area contributed by atoms with Crippen molar-refractivity contribution in [2.24, 2.45) is 5.73 Å². The second kappa shape index (κ2) is 13.8. The van der Waals surface area contributed by atoms with Crippen molar-refractivity contribution < 1.29 is 0 Å². The predicted octanol–water partition coefficient (Wildman–Crippen LogP) is 4.40. The SMILES string of the molecule is CN.CNc1nccnc1Cc1ccccc1.Clc1nccnc1Cc1ccccc1. The molecule has 0 amide bonds. The summed E-state index contributed by atoms with van der Waals surface area (Å²) in [5.74, 6) is 0.848. The van der Waals surface area contributed by atoms with Gasteiger partial charge in [0.2, 0.25) is 0 Å². The number of hydrogen-bond acceptors (Lipinski definition) is 6. The van der Waals surface area contributed by atoms with Gasteiger partial charge in [0.05, 0.1) is 11.4 Å². The van der Waals surface area contributed by atoms with E-state index >= 15 is 0 Å². The summed E-state index contributed by atoms with van der Waals surface area (Å²) in [4.78, 5) is 16.7. The van der Waals surface area contributed by atoms with Crippen molar-refractivity contribution in [1.82, 2.24) is 19.9 Å². The molecule has 2 heterocycles. The van der Waals surface area contributed by atoms with Crippen LogP contribution in [0.15, 0.2) is 85.5 Å². The molecule has 0 saturated heterocycles. The normalized spacial score (nSPS) is 9.55. The molecular formula is C24H27ClN6. The van der Waals surface area contributed by atoms with Gasteiger partial charge in [-0.05, 0) is 18.2 Å². The molecule has 0 fully saturated rings. The fraction of sp³-hybridized carbons (Fsp3) is 0.167. The van der Waals surface area contributed by atoms with Gasteiger partial charge in [-0.3, -0.25) is 9.97 Å². The van der Waals surface area contributed by atoms with Crippen molar-refractivity contribution in [3.05, 3.63) is 113 Å². The molecule has 0 unspecified atom stereocenters. The number of aromatic nitrogens is 4. The van der Waals surface area contributed by atoms with E-state index in [9.17, 15) is 0 Å². The fourth-order valence-electron chi connectivity index (χ4n) is 2.75. The predicted molar refractivity (Wildman–Crippen MR) is 127 cm³/mol. The van der Waals surface area contributed by atoms with Crippen molar-refractivity contribution in [3.8, 4) is 0 Å². The number of rotatable bonds is 5. The van der Waals surface area contributed by atoms with Crippen LogP contribution in [0.4, 0.5) is 5.82 Å². The van der Waals surface area contributed by atoms with Crippen LogP contribution in [0.2, 0.25) is 5.15 Å². The Balaban J connectivity index is 0.000000204. The number of nitrogens with one attached hydrogen (secondary N) is 1. The lowest BCUT2D eigenvalue weighted by Crippen LogP contribution is -2.01. The van der Waals surface area contributed by atoms with E-state index in [2.05, 4.69) is 43.1 Å². The van der Waals surface area contributed by atoms with E-state index in [-0.39, 0.29) is 0 Å². The molecule has 7 heteroatoms. The van der Waals surface area contributed by atoms with Gasteiger partial charge in [0.15, 0.2) is 5.15 Å². The molecule has 0 radical (unpaired) electrons. The number of halogens is 1. The van der Waals surface area contributed by atoms with E-state index in [1.54, 1.807) is 24.8 Å². The molecule has 0 saturated carbocycles. The molecule has 31 heavy (non-hydrogen) atoms. The molecule has 0 atom stereocenters. The zero-order valence-corrected chi connectivity index (χ0v) is 18.5. The van der Waals surface area contributed by atoms with Crippen molar-refractivity contribution in [2.75, 3.05) is 19.4 Å². The van der Waals surface area contributed by atoms with Gasteiger partial charge in [-0.2, -0.15) is 0 Å². The van der Waals surface area contributed by atoms with E-state index in [1.165, 1.54) is 18.2 Å². The van der Waals surface area contributed by atoms with Gasteiger partial charge < -0.3 is 11.1 Å². The number of anilines is 1. The van der Waals surface area contributed by atoms with Gasteiger partial charge in [-0.1, -0.05) is 72.3 Å². The first kappa shape index (κ1) is 23.9. The Morgan fingerprint density at radius 2 is 1.13 bits per heavy atom. The summed E-state index contributed by atoms with van der Waals surface area (Å²) in [6.07, 6.45) is 8.21. The Hall–Kier alpha value is -3.35. The third kappa shape index (κ3) is 8.12. The van der Waals surface area contributed by atoms with Crippen molar-refractivity contribution in [2.45, 2.75) is 12.8 Å². The highest BCUT2D eigenvalue weighted by Crippen LogP contribution is 2.14. The van der Waals surface area contributed by atoms with E-state index in [4.69, 9.17) is 11.6 Å². The van der Waals surface area contributed by atoms with Crippen molar-refractivity contribution >= 4 is 17.4 Å². The Bertz CT molecular complexity index is 1010. The van der Waals surface area contributed by atoms with Crippen LogP contribution in [0, 0.1) is 0 Å². The number of nitrogens with two attached hydrogens (primary N) is 1. The molecule has 0 aliphatic carbocycles. The van der Waals surface area contributed by atoms with E-state index in [1.807, 2.05) is 55.6 Å². The topological polar surface area (TPSA) is 89.6 Å². The monoisotopic (exact) mass is 434 g/mol. The van der Waals surface area contributed by atoms with Gasteiger partial charge in [-0.15, -0.1) is 0 Å². The van der Waals surface area contributed by atoms with E-state index in [0.29, 0.717) is 5.15 Å². The lowest BCUT2D eigenvalue weighted by molar-refractivity contribution is 1.03. The molecule has 6 nitrogen and oxygen atoms in total. The van der Waals surface area contributed by atoms with Gasteiger partial charge in [0.1, 0.15) is 5.82 Å². The molecule has 0 aliphatic rings. The zero-order valence-electron chi connectivity index (χ0n) is 17.7. The van der Waals surface area contributed by atoms with Gasteiger partial charge in [0, 0.05) is 44.7 Å². The summed E-state index contributed by atoms with van der Waals surface area (Å²) in [5, 5.41) is 3.52. The summed E-state index contributed by atoms with van der Waals surface area (Å²) in [6, 6.07) is 20.3. The Labute approximate surface area is 188 Å². The summed E-state index contributed by atoms with van der Waals surface area (Å²) >= 11 is 5.90. The van der Waals surface area contributed by atoms with Crippen LogP contribution in [0.25, 0.3) is 0 Å². The smallest absolute Gasteiger partial charge is 0.150 e. The van der Waals surface area contributed by atoms with Gasteiger partial charge in [0.25, 0.3) is 0 Å². The zero-order chi connectivity index (χ0) is 22.3. The quantitative estimate of drug-likeness (QED) is 0.483. The Kier molecular flexibility index (Phi) is 10.6. The molecule has 4 aromatic rings. The first-order valence-electron chi connectivity index (χ1n) is 9.85. The highest BCUT2D eigenvalue weighted by Gasteiger charge is 2.04. The number of benzene rings is 2. The molecule has 4 rings (SSSR count). The molecule has 0 spiro atoms. The Morgan fingerprint density at radius 3 is 1.65 bits per heavy atom. The molecule has 0 bridgehead atoms. The first-order chi connectivity index (χ1) is 15.3. The second-order valence-electron chi connectivity index (χ2n) is 6.22. The maximum absolute atomic E-state index is 5.90. The summed E-state index contributed by atoms with van der Waals surface area (Å²) < 4.78 is 0. The second-order valence-corrected chi connectivity index (χ2v) is 6.58. The molecule has 0 aliphatic heterocycles. The maximum atomic E-state index is 5.90. The maximum Gasteiger partial charge on any atom is 0.150 e.